The lowest BCUT2D eigenvalue weighted by Gasteiger charge is -2.16. The molecule has 0 saturated heterocycles. The van der Waals surface area contributed by atoms with E-state index in [2.05, 4.69) is 33.0 Å². The van der Waals surface area contributed by atoms with Crippen molar-refractivity contribution in [2.45, 2.75) is 73.1 Å². The molecule has 0 aromatic heterocycles. The molecule has 3 rings (SSSR count). The average Bonchev–Trinajstić information content (AvgIpc) is 3.36. The predicted octanol–water partition coefficient (Wildman–Crippen LogP) is 6.35. The Morgan fingerprint density at radius 3 is 2.50 bits per heavy atom. The Labute approximate surface area is 170 Å². The number of aryl methyl sites for hydroxylation is 1. The quantitative estimate of drug-likeness (QED) is 0.552. The molecule has 1 aromatic carbocycles. The maximum absolute atomic E-state index is 12.8. The van der Waals surface area contributed by atoms with Gasteiger partial charge in [0.25, 0.3) is 5.91 Å². The second kappa shape index (κ2) is 8.46. The highest BCUT2D eigenvalue weighted by Gasteiger charge is 2.47. The Balaban J connectivity index is 1.83. The lowest BCUT2D eigenvalue weighted by molar-refractivity contribution is 0.0961. The highest BCUT2D eigenvalue weighted by atomic mass is 16.1. The number of rotatable bonds is 7. The Kier molecular flexibility index (Phi) is 6.22. The van der Waals surface area contributed by atoms with Crippen LogP contribution in [0, 0.1) is 18.3 Å². The molecule has 1 fully saturated rings. The van der Waals surface area contributed by atoms with Crippen molar-refractivity contribution in [3.63, 3.8) is 0 Å². The Bertz CT molecular complexity index is 840. The van der Waals surface area contributed by atoms with Gasteiger partial charge in [-0.15, -0.1) is 0 Å². The van der Waals surface area contributed by atoms with Crippen molar-refractivity contribution in [1.82, 2.24) is 5.32 Å². The van der Waals surface area contributed by atoms with Crippen molar-refractivity contribution in [1.29, 1.82) is 0 Å². The summed E-state index contributed by atoms with van der Waals surface area (Å²) in [4.78, 5) is 17.7. The van der Waals surface area contributed by atoms with Crippen molar-refractivity contribution in [3.05, 3.63) is 58.4 Å². The molecule has 28 heavy (non-hydrogen) atoms. The highest BCUT2D eigenvalue weighted by Crippen LogP contribution is 2.59. The number of nitrogens with zero attached hydrogens (tertiary/aromatic N) is 1. The normalized spacial score (nSPS) is 19.9. The topological polar surface area (TPSA) is 41.5 Å². The van der Waals surface area contributed by atoms with Crippen molar-refractivity contribution in [2.24, 2.45) is 16.3 Å². The molecule has 0 aliphatic heterocycles. The summed E-state index contributed by atoms with van der Waals surface area (Å²) in [6.07, 6.45) is 8.96. The average molecular weight is 379 g/mol. The minimum atomic E-state index is -0.0499. The summed E-state index contributed by atoms with van der Waals surface area (Å²) in [5.41, 5.74) is 7.35. The van der Waals surface area contributed by atoms with Crippen LogP contribution in [-0.2, 0) is 0 Å². The van der Waals surface area contributed by atoms with E-state index < -0.39 is 0 Å². The van der Waals surface area contributed by atoms with Crippen molar-refractivity contribution >= 4 is 11.6 Å². The van der Waals surface area contributed by atoms with Gasteiger partial charge in [-0.3, -0.25) is 9.79 Å². The summed E-state index contributed by atoms with van der Waals surface area (Å²) in [6, 6.07) is 7.71. The molecule has 1 saturated carbocycles. The second-order valence-electron chi connectivity index (χ2n) is 8.70. The zero-order chi connectivity index (χ0) is 20.3. The first-order valence-corrected chi connectivity index (χ1v) is 10.7. The standard InChI is InChI=1S/C25H34N2O/c1-6-17(3)23(27-24(28)20-11-9-8-10-18(20)4)16-26-22(7-2)21-15-25(12-13-25)14-19(21)5/h8-11,16-17H,6-7,12-15H2,1-5H3,(H,27,28)/b23-16+,26-22?. The van der Waals surface area contributed by atoms with E-state index in [1.54, 1.807) is 0 Å². The lowest BCUT2D eigenvalue weighted by atomic mass is 10.00. The number of hydrogen-bond acceptors (Lipinski definition) is 2. The number of carbonyl (C=O) groups is 1. The molecule has 150 valence electrons. The molecule has 1 atom stereocenters. The van der Waals surface area contributed by atoms with Gasteiger partial charge in [-0.2, -0.15) is 0 Å². The van der Waals surface area contributed by atoms with Gasteiger partial charge in [0.2, 0.25) is 0 Å². The van der Waals surface area contributed by atoms with Crippen LogP contribution in [0.15, 0.2) is 52.3 Å². The highest BCUT2D eigenvalue weighted by molar-refractivity contribution is 6.01. The Morgan fingerprint density at radius 1 is 1.21 bits per heavy atom. The second-order valence-corrected chi connectivity index (χ2v) is 8.70. The minimum absolute atomic E-state index is 0.0499. The maximum Gasteiger partial charge on any atom is 0.255 e. The number of aliphatic imine (C=N–C) groups is 1. The zero-order valence-corrected chi connectivity index (χ0v) is 18.1. The van der Waals surface area contributed by atoms with E-state index in [9.17, 15) is 4.79 Å². The summed E-state index contributed by atoms with van der Waals surface area (Å²) >= 11 is 0. The molecule has 1 amide bonds. The summed E-state index contributed by atoms with van der Waals surface area (Å²) in [5, 5.41) is 3.13. The number of amides is 1. The van der Waals surface area contributed by atoms with E-state index in [4.69, 9.17) is 4.99 Å². The summed E-state index contributed by atoms with van der Waals surface area (Å²) in [7, 11) is 0. The summed E-state index contributed by atoms with van der Waals surface area (Å²) < 4.78 is 0. The molecular weight excluding hydrogens is 344 g/mol. The molecule has 3 nitrogen and oxygen atoms in total. The number of hydrogen-bond donors (Lipinski definition) is 1. The molecule has 2 aliphatic carbocycles. The monoisotopic (exact) mass is 378 g/mol. The fourth-order valence-electron chi connectivity index (χ4n) is 4.20. The van der Waals surface area contributed by atoms with Crippen LogP contribution in [0.2, 0.25) is 0 Å². The van der Waals surface area contributed by atoms with Crippen LogP contribution in [0.3, 0.4) is 0 Å². The van der Waals surface area contributed by atoms with Gasteiger partial charge in [-0.1, -0.05) is 44.5 Å². The van der Waals surface area contributed by atoms with Crippen LogP contribution in [-0.4, -0.2) is 11.6 Å². The van der Waals surface area contributed by atoms with Gasteiger partial charge >= 0.3 is 0 Å². The first-order chi connectivity index (χ1) is 13.4. The number of benzene rings is 1. The first-order valence-electron chi connectivity index (χ1n) is 10.7. The van der Waals surface area contributed by atoms with Gasteiger partial charge in [0.15, 0.2) is 0 Å². The SMILES string of the molecule is CCC(=N/C=C(/NC(=O)c1ccccc1C)C(C)CC)C1=C(C)CC2(CC2)C1. The van der Waals surface area contributed by atoms with Crippen LogP contribution in [0.5, 0.6) is 0 Å². The molecule has 1 spiro atoms. The van der Waals surface area contributed by atoms with Crippen LogP contribution in [0.1, 0.15) is 82.1 Å². The molecule has 0 heterocycles. The number of allylic oxidation sites excluding steroid dienone is 3. The fourth-order valence-corrected chi connectivity index (χ4v) is 4.20. The van der Waals surface area contributed by atoms with E-state index in [1.807, 2.05) is 37.4 Å². The van der Waals surface area contributed by atoms with Gasteiger partial charge < -0.3 is 5.32 Å². The van der Waals surface area contributed by atoms with Gasteiger partial charge in [0.05, 0.1) is 0 Å². The van der Waals surface area contributed by atoms with E-state index in [0.717, 1.165) is 29.7 Å². The van der Waals surface area contributed by atoms with Crippen LogP contribution in [0.25, 0.3) is 0 Å². The van der Waals surface area contributed by atoms with Crippen LogP contribution >= 0.6 is 0 Å². The first kappa shape index (κ1) is 20.6. The molecular formula is C25H34N2O. The molecule has 1 aromatic rings. The molecule has 0 bridgehead atoms. The Morgan fingerprint density at radius 2 is 1.93 bits per heavy atom. The third kappa shape index (κ3) is 4.45. The fraction of sp³-hybridized carbons (Fsp3) is 0.520. The van der Waals surface area contributed by atoms with Crippen molar-refractivity contribution in [3.8, 4) is 0 Å². The van der Waals surface area contributed by atoms with Crippen molar-refractivity contribution in [2.75, 3.05) is 0 Å². The third-order valence-electron chi connectivity index (χ3n) is 6.50. The largest absolute Gasteiger partial charge is 0.324 e. The molecule has 1 N–H and O–H groups in total. The summed E-state index contributed by atoms with van der Waals surface area (Å²) in [5.74, 6) is 0.203. The predicted molar refractivity (Wildman–Crippen MR) is 118 cm³/mol. The molecule has 2 aliphatic rings. The van der Waals surface area contributed by atoms with Gasteiger partial charge in [0, 0.05) is 23.2 Å². The molecule has 1 unspecified atom stereocenters. The van der Waals surface area contributed by atoms with Crippen LogP contribution in [0.4, 0.5) is 0 Å². The molecule has 0 radical (unpaired) electrons. The minimum Gasteiger partial charge on any atom is -0.324 e. The number of nitrogens with one attached hydrogen (secondary N) is 1. The van der Waals surface area contributed by atoms with Gasteiger partial charge in [-0.05, 0) is 80.9 Å². The van der Waals surface area contributed by atoms with Gasteiger partial charge in [0.1, 0.15) is 0 Å². The van der Waals surface area contributed by atoms with Gasteiger partial charge in [-0.25, -0.2) is 0 Å². The lowest BCUT2D eigenvalue weighted by Crippen LogP contribution is -2.26. The van der Waals surface area contributed by atoms with E-state index >= 15 is 0 Å². The van der Waals surface area contributed by atoms with E-state index in [0.29, 0.717) is 5.41 Å². The zero-order valence-electron chi connectivity index (χ0n) is 18.1. The smallest absolute Gasteiger partial charge is 0.255 e. The van der Waals surface area contributed by atoms with Crippen LogP contribution < -0.4 is 5.32 Å². The number of carbonyl (C=O) groups excluding carboxylic acids is 1. The summed E-state index contributed by atoms with van der Waals surface area (Å²) in [6.45, 7) is 10.7. The molecule has 3 heteroatoms. The third-order valence-corrected chi connectivity index (χ3v) is 6.50. The van der Waals surface area contributed by atoms with E-state index in [-0.39, 0.29) is 11.8 Å². The maximum atomic E-state index is 12.8. The van der Waals surface area contributed by atoms with E-state index in [1.165, 1.54) is 42.5 Å². The van der Waals surface area contributed by atoms with Crippen molar-refractivity contribution < 1.29 is 4.79 Å². The Hall–Kier alpha value is -2.16.